The van der Waals surface area contributed by atoms with Gasteiger partial charge in [-0.3, -0.25) is 9.59 Å². The Hall–Kier alpha value is -2.19. The Morgan fingerprint density at radius 1 is 1.22 bits per heavy atom. The van der Waals surface area contributed by atoms with Crippen LogP contribution in [0.15, 0.2) is 16.8 Å². The van der Waals surface area contributed by atoms with Crippen LogP contribution in [0.5, 0.6) is 0 Å². The summed E-state index contributed by atoms with van der Waals surface area (Å²) < 4.78 is 10.2. The van der Waals surface area contributed by atoms with Gasteiger partial charge in [0.05, 0.1) is 12.2 Å². The highest BCUT2D eigenvalue weighted by Crippen LogP contribution is 2.39. The van der Waals surface area contributed by atoms with Gasteiger partial charge < -0.3 is 14.8 Å². The molecule has 2 aromatic rings. The van der Waals surface area contributed by atoms with Crippen molar-refractivity contribution in [1.29, 1.82) is 0 Å². The van der Waals surface area contributed by atoms with Crippen molar-refractivity contribution < 1.29 is 23.9 Å². The van der Waals surface area contributed by atoms with Crippen molar-refractivity contribution in [3.05, 3.63) is 38.4 Å². The molecule has 27 heavy (non-hydrogen) atoms. The quantitative estimate of drug-likeness (QED) is 0.676. The van der Waals surface area contributed by atoms with Gasteiger partial charge in [0.15, 0.2) is 6.61 Å². The summed E-state index contributed by atoms with van der Waals surface area (Å²) in [6.07, 6.45) is 3.54. The normalized spacial score (nSPS) is 12.5. The second kappa shape index (κ2) is 9.14. The maximum Gasteiger partial charge on any atom is 0.341 e. The SMILES string of the molecule is CCOC(=O)c1c(NC(=O)COC(=O)CCc2ccsc2)sc2c1CCC2. The molecule has 0 saturated heterocycles. The van der Waals surface area contributed by atoms with Gasteiger partial charge >= 0.3 is 11.9 Å². The number of aryl methyl sites for hydroxylation is 2. The van der Waals surface area contributed by atoms with Crippen molar-refractivity contribution in [3.8, 4) is 0 Å². The second-order valence-corrected chi connectivity index (χ2v) is 8.01. The Labute approximate surface area is 165 Å². The number of fused-ring (bicyclic) bond motifs is 1. The van der Waals surface area contributed by atoms with Crippen LogP contribution in [0.1, 0.15) is 46.1 Å². The van der Waals surface area contributed by atoms with E-state index in [1.165, 1.54) is 11.3 Å². The summed E-state index contributed by atoms with van der Waals surface area (Å²) in [4.78, 5) is 37.4. The smallest absolute Gasteiger partial charge is 0.341 e. The number of ether oxygens (including phenoxy) is 2. The van der Waals surface area contributed by atoms with Gasteiger partial charge in [0, 0.05) is 11.3 Å². The van der Waals surface area contributed by atoms with Crippen molar-refractivity contribution in [2.24, 2.45) is 0 Å². The molecule has 2 aromatic heterocycles. The van der Waals surface area contributed by atoms with E-state index >= 15 is 0 Å². The molecule has 1 aliphatic rings. The Morgan fingerprint density at radius 3 is 2.81 bits per heavy atom. The van der Waals surface area contributed by atoms with Crippen LogP contribution in [0.3, 0.4) is 0 Å². The lowest BCUT2D eigenvalue weighted by atomic mass is 10.1. The van der Waals surface area contributed by atoms with Gasteiger partial charge in [-0.1, -0.05) is 0 Å². The van der Waals surface area contributed by atoms with E-state index in [9.17, 15) is 14.4 Å². The zero-order chi connectivity index (χ0) is 19.2. The summed E-state index contributed by atoms with van der Waals surface area (Å²) in [6.45, 7) is 1.66. The van der Waals surface area contributed by atoms with Crippen LogP contribution < -0.4 is 5.32 Å². The summed E-state index contributed by atoms with van der Waals surface area (Å²) >= 11 is 2.98. The van der Waals surface area contributed by atoms with Gasteiger partial charge in [0.1, 0.15) is 5.00 Å². The summed E-state index contributed by atoms with van der Waals surface area (Å²) in [5.41, 5.74) is 2.50. The molecule has 0 radical (unpaired) electrons. The summed E-state index contributed by atoms with van der Waals surface area (Å²) in [5, 5.41) is 7.12. The van der Waals surface area contributed by atoms with Crippen LogP contribution in [-0.2, 0) is 38.3 Å². The predicted molar refractivity (Wildman–Crippen MR) is 105 cm³/mol. The highest BCUT2D eigenvalue weighted by molar-refractivity contribution is 7.17. The van der Waals surface area contributed by atoms with Gasteiger partial charge in [-0.15, -0.1) is 11.3 Å². The lowest BCUT2D eigenvalue weighted by Crippen LogP contribution is -2.22. The topological polar surface area (TPSA) is 81.7 Å². The Balaban J connectivity index is 1.54. The van der Waals surface area contributed by atoms with E-state index in [-0.39, 0.29) is 19.6 Å². The van der Waals surface area contributed by atoms with Crippen LogP contribution in [0, 0.1) is 0 Å². The zero-order valence-corrected chi connectivity index (χ0v) is 16.7. The number of esters is 2. The largest absolute Gasteiger partial charge is 0.462 e. The minimum Gasteiger partial charge on any atom is -0.462 e. The van der Waals surface area contributed by atoms with Gasteiger partial charge in [0.25, 0.3) is 5.91 Å². The molecular weight excluding hydrogens is 386 g/mol. The lowest BCUT2D eigenvalue weighted by molar-refractivity contribution is -0.147. The molecule has 1 N–H and O–H groups in total. The van der Waals surface area contributed by atoms with E-state index in [1.807, 2.05) is 16.8 Å². The number of nitrogens with one attached hydrogen (secondary N) is 1. The number of amides is 1. The average molecular weight is 408 g/mol. The number of anilines is 1. The molecule has 0 fully saturated rings. The number of hydrogen-bond donors (Lipinski definition) is 1. The average Bonchev–Trinajstić information content (AvgIpc) is 3.35. The minimum atomic E-state index is -0.454. The minimum absolute atomic E-state index is 0.228. The first-order valence-corrected chi connectivity index (χ1v) is 10.6. The van der Waals surface area contributed by atoms with Crippen molar-refractivity contribution >= 4 is 45.5 Å². The Morgan fingerprint density at radius 2 is 2.07 bits per heavy atom. The van der Waals surface area contributed by atoms with E-state index < -0.39 is 17.8 Å². The number of carbonyl (C=O) groups excluding carboxylic acids is 3. The number of thiophene rings is 2. The molecule has 144 valence electrons. The summed E-state index contributed by atoms with van der Waals surface area (Å²) in [7, 11) is 0. The molecular formula is C19H21NO5S2. The predicted octanol–water partition coefficient (Wildman–Crippen LogP) is 3.59. The van der Waals surface area contributed by atoms with Crippen molar-refractivity contribution in [3.63, 3.8) is 0 Å². The Kier molecular flexibility index (Phi) is 6.63. The fraction of sp³-hybridized carbons (Fsp3) is 0.421. The van der Waals surface area contributed by atoms with E-state index in [4.69, 9.17) is 9.47 Å². The fourth-order valence-corrected chi connectivity index (χ4v) is 4.97. The first kappa shape index (κ1) is 19.6. The van der Waals surface area contributed by atoms with Crippen LogP contribution in [0.25, 0.3) is 0 Å². The molecule has 6 nitrogen and oxygen atoms in total. The van der Waals surface area contributed by atoms with Crippen LogP contribution in [0.4, 0.5) is 5.00 Å². The third-order valence-corrected chi connectivity index (χ3v) is 6.16. The molecule has 1 aliphatic carbocycles. The lowest BCUT2D eigenvalue weighted by Gasteiger charge is -2.08. The molecule has 0 saturated carbocycles. The standard InChI is InChI=1S/C19H21NO5S2/c1-2-24-19(23)17-13-4-3-5-14(13)27-18(17)20-15(21)10-25-16(22)7-6-12-8-9-26-11-12/h8-9,11H,2-7,10H2,1H3,(H,20,21). The fourth-order valence-electron chi connectivity index (χ4n) is 2.97. The number of hydrogen-bond acceptors (Lipinski definition) is 7. The van der Waals surface area contributed by atoms with Crippen LogP contribution >= 0.6 is 22.7 Å². The third kappa shape index (κ3) is 4.95. The summed E-state index contributed by atoms with van der Waals surface area (Å²) in [6, 6.07) is 1.96. The maximum atomic E-state index is 12.3. The third-order valence-electron chi connectivity index (χ3n) is 4.22. The van der Waals surface area contributed by atoms with Crippen molar-refractivity contribution in [1.82, 2.24) is 0 Å². The van der Waals surface area contributed by atoms with Gasteiger partial charge in [-0.05, 0) is 60.6 Å². The van der Waals surface area contributed by atoms with E-state index in [0.717, 1.165) is 35.3 Å². The monoisotopic (exact) mass is 407 g/mol. The summed E-state index contributed by atoms with van der Waals surface area (Å²) in [5.74, 6) is -1.29. The van der Waals surface area contributed by atoms with E-state index in [1.54, 1.807) is 18.3 Å². The Bertz CT molecular complexity index is 826. The molecule has 0 unspecified atom stereocenters. The first-order chi connectivity index (χ1) is 13.1. The molecule has 1 amide bonds. The van der Waals surface area contributed by atoms with Crippen molar-refractivity contribution in [2.45, 2.75) is 39.0 Å². The van der Waals surface area contributed by atoms with E-state index in [2.05, 4.69) is 5.32 Å². The van der Waals surface area contributed by atoms with Gasteiger partial charge in [-0.2, -0.15) is 11.3 Å². The van der Waals surface area contributed by atoms with Gasteiger partial charge in [-0.25, -0.2) is 4.79 Å². The highest BCUT2D eigenvalue weighted by atomic mass is 32.1. The first-order valence-electron chi connectivity index (χ1n) is 8.86. The molecule has 0 bridgehead atoms. The number of rotatable bonds is 8. The van der Waals surface area contributed by atoms with E-state index in [0.29, 0.717) is 17.0 Å². The number of carbonyl (C=O) groups is 3. The molecule has 3 rings (SSSR count). The maximum absolute atomic E-state index is 12.3. The van der Waals surface area contributed by atoms with Crippen LogP contribution in [0.2, 0.25) is 0 Å². The zero-order valence-electron chi connectivity index (χ0n) is 15.0. The van der Waals surface area contributed by atoms with Crippen LogP contribution in [-0.4, -0.2) is 31.1 Å². The molecule has 0 aromatic carbocycles. The molecule has 0 atom stereocenters. The van der Waals surface area contributed by atoms with Gasteiger partial charge in [0.2, 0.25) is 0 Å². The second-order valence-electron chi connectivity index (χ2n) is 6.12. The molecule has 0 aliphatic heterocycles. The molecule has 0 spiro atoms. The molecule has 2 heterocycles. The molecule has 8 heteroatoms. The van der Waals surface area contributed by atoms with Crippen molar-refractivity contribution in [2.75, 3.05) is 18.5 Å². The highest BCUT2D eigenvalue weighted by Gasteiger charge is 2.28.